The molecule has 2 atom stereocenters. The van der Waals surface area contributed by atoms with Crippen LogP contribution in [-0.4, -0.2) is 67.8 Å². The normalized spacial score (nSPS) is 18.9. The first kappa shape index (κ1) is 29.6. The lowest BCUT2D eigenvalue weighted by Gasteiger charge is -2.48. The van der Waals surface area contributed by atoms with Crippen LogP contribution in [0.1, 0.15) is 77.1 Å². The molecule has 8 nitrogen and oxygen atoms in total. The third-order valence-corrected chi connectivity index (χ3v) is 10.3. The Kier molecular flexibility index (Phi) is 8.22. The van der Waals surface area contributed by atoms with Gasteiger partial charge in [-0.05, 0) is 80.8 Å². The van der Waals surface area contributed by atoms with Crippen molar-refractivity contribution in [1.29, 1.82) is 0 Å². The van der Waals surface area contributed by atoms with Crippen LogP contribution in [0.4, 0.5) is 5.82 Å². The van der Waals surface area contributed by atoms with E-state index in [1.165, 1.54) is 0 Å². The summed E-state index contributed by atoms with van der Waals surface area (Å²) >= 11 is 1.64. The lowest BCUT2D eigenvalue weighted by atomic mass is 9.61. The van der Waals surface area contributed by atoms with Crippen LogP contribution in [-0.2, 0) is 4.79 Å². The molecule has 0 aromatic carbocycles. The van der Waals surface area contributed by atoms with E-state index in [9.17, 15) is 9.59 Å². The molecule has 0 N–H and O–H groups in total. The van der Waals surface area contributed by atoms with Crippen LogP contribution in [0.3, 0.4) is 0 Å². The maximum Gasteiger partial charge on any atom is 0.165 e. The Balaban J connectivity index is 1.34. The van der Waals surface area contributed by atoms with Crippen LogP contribution < -0.4 is 4.90 Å². The predicted molar refractivity (Wildman–Crippen MR) is 173 cm³/mol. The standard InChI is InChI=1S/C34H42N6O2S/c1-6-38(7-2)22(3)10-11-29(41)23-17-27(25-21-35-40-15-12-26(37-33(25)40)30-9-8-16-43-30)36-31(18-23)39-14-13-28(39)32(42)24-19-34(4,5)20-24/h8-9,12,15-18,21-22,24,28H,6-7,10-11,13-14,19-20H2,1-5H3/t22-,28-/m0/s1. The number of nitrogens with zero attached hydrogens (tertiary/aromatic N) is 6. The second-order valence-corrected chi connectivity index (χ2v) is 13.9. The molecule has 2 fully saturated rings. The van der Waals surface area contributed by atoms with Gasteiger partial charge in [0.2, 0.25) is 0 Å². The second kappa shape index (κ2) is 11.9. The molecule has 1 aliphatic carbocycles. The van der Waals surface area contributed by atoms with Gasteiger partial charge in [0, 0.05) is 36.7 Å². The zero-order valence-electron chi connectivity index (χ0n) is 25.9. The Bertz CT molecular complexity index is 1620. The number of carbonyl (C=O) groups is 2. The number of fused-ring (bicyclic) bond motifs is 1. The topological polar surface area (TPSA) is 83.7 Å². The van der Waals surface area contributed by atoms with Gasteiger partial charge in [-0.3, -0.25) is 9.59 Å². The molecule has 226 valence electrons. The Morgan fingerprint density at radius 3 is 2.56 bits per heavy atom. The number of pyridine rings is 1. The summed E-state index contributed by atoms with van der Waals surface area (Å²) in [5.74, 6) is 1.22. The van der Waals surface area contributed by atoms with Gasteiger partial charge in [-0.1, -0.05) is 33.8 Å². The summed E-state index contributed by atoms with van der Waals surface area (Å²) in [6.07, 6.45) is 7.65. The molecule has 4 aromatic rings. The largest absolute Gasteiger partial charge is 0.346 e. The molecule has 4 aromatic heterocycles. The highest BCUT2D eigenvalue weighted by molar-refractivity contribution is 7.13. The van der Waals surface area contributed by atoms with E-state index in [-0.39, 0.29) is 23.2 Å². The fourth-order valence-electron chi connectivity index (χ4n) is 6.79. The fourth-order valence-corrected chi connectivity index (χ4v) is 7.49. The molecule has 0 amide bonds. The number of carbonyl (C=O) groups excluding carboxylic acids is 2. The van der Waals surface area contributed by atoms with Gasteiger partial charge in [0.05, 0.1) is 34.1 Å². The molecule has 0 spiro atoms. The van der Waals surface area contributed by atoms with Crippen molar-refractivity contribution in [1.82, 2.24) is 24.5 Å². The summed E-state index contributed by atoms with van der Waals surface area (Å²) in [6, 6.07) is 9.96. The first-order valence-electron chi connectivity index (χ1n) is 15.7. The highest BCUT2D eigenvalue weighted by Crippen LogP contribution is 2.47. The maximum absolute atomic E-state index is 13.7. The first-order valence-corrected chi connectivity index (χ1v) is 16.5. The number of hydrogen-bond acceptors (Lipinski definition) is 8. The summed E-state index contributed by atoms with van der Waals surface area (Å²) in [4.78, 5) is 42.7. The number of rotatable bonds is 12. The Morgan fingerprint density at radius 2 is 1.91 bits per heavy atom. The monoisotopic (exact) mass is 598 g/mol. The average Bonchev–Trinajstić information content (AvgIpc) is 3.64. The molecule has 1 saturated heterocycles. The number of Topliss-reactive ketones (excluding diaryl/α,β-unsaturated/α-hetero) is 2. The van der Waals surface area contributed by atoms with Gasteiger partial charge in [-0.15, -0.1) is 11.3 Å². The molecular formula is C34H42N6O2S. The Labute approximate surface area is 258 Å². The molecule has 6 rings (SSSR count). The first-order chi connectivity index (χ1) is 20.7. The third kappa shape index (κ3) is 5.89. The van der Waals surface area contributed by atoms with Crippen LogP contribution in [0, 0.1) is 11.3 Å². The molecule has 0 unspecified atom stereocenters. The highest BCUT2D eigenvalue weighted by atomic mass is 32.1. The summed E-state index contributed by atoms with van der Waals surface area (Å²) in [7, 11) is 0. The number of aromatic nitrogens is 4. The van der Waals surface area contributed by atoms with Crippen LogP contribution in [0.15, 0.2) is 48.1 Å². The van der Waals surface area contributed by atoms with Crippen molar-refractivity contribution < 1.29 is 9.59 Å². The van der Waals surface area contributed by atoms with E-state index in [4.69, 9.17) is 9.97 Å². The van der Waals surface area contributed by atoms with Crippen molar-refractivity contribution in [3.05, 3.63) is 53.7 Å². The van der Waals surface area contributed by atoms with Crippen molar-refractivity contribution >= 4 is 34.4 Å². The number of anilines is 1. The lowest BCUT2D eigenvalue weighted by molar-refractivity contribution is -0.131. The van der Waals surface area contributed by atoms with Crippen LogP contribution in [0.25, 0.3) is 27.5 Å². The minimum Gasteiger partial charge on any atom is -0.346 e. The van der Waals surface area contributed by atoms with Gasteiger partial charge in [0.15, 0.2) is 17.2 Å². The highest BCUT2D eigenvalue weighted by Gasteiger charge is 2.46. The zero-order chi connectivity index (χ0) is 30.3. The molecule has 0 radical (unpaired) electrons. The van der Waals surface area contributed by atoms with E-state index in [1.54, 1.807) is 22.0 Å². The quantitative estimate of drug-likeness (QED) is 0.166. The van der Waals surface area contributed by atoms with E-state index in [1.807, 2.05) is 35.8 Å². The summed E-state index contributed by atoms with van der Waals surface area (Å²) in [5.41, 5.74) is 3.87. The Hall–Kier alpha value is -3.43. The van der Waals surface area contributed by atoms with Gasteiger partial charge >= 0.3 is 0 Å². The van der Waals surface area contributed by atoms with Crippen LogP contribution in [0.5, 0.6) is 0 Å². The minimum atomic E-state index is -0.179. The lowest BCUT2D eigenvalue weighted by Crippen LogP contribution is -2.56. The van der Waals surface area contributed by atoms with Gasteiger partial charge in [-0.2, -0.15) is 5.10 Å². The molecule has 0 bridgehead atoms. The zero-order valence-corrected chi connectivity index (χ0v) is 26.7. The van der Waals surface area contributed by atoms with E-state index in [2.05, 4.69) is 55.6 Å². The van der Waals surface area contributed by atoms with Crippen molar-refractivity contribution in [2.24, 2.45) is 11.3 Å². The van der Waals surface area contributed by atoms with Gasteiger partial charge < -0.3 is 9.80 Å². The van der Waals surface area contributed by atoms with E-state index in [0.717, 1.165) is 61.5 Å². The number of ketones is 2. The Morgan fingerprint density at radius 1 is 1.12 bits per heavy atom. The SMILES string of the molecule is CCN(CC)[C@@H](C)CCC(=O)c1cc(-c2cnn3ccc(-c4cccs4)nc23)nc(N2CC[C@H]2C(=O)C2CC(C)(C)C2)c1. The third-order valence-electron chi connectivity index (χ3n) is 9.42. The van der Waals surface area contributed by atoms with Gasteiger partial charge in [-0.25, -0.2) is 14.5 Å². The van der Waals surface area contributed by atoms with E-state index >= 15 is 0 Å². The van der Waals surface area contributed by atoms with E-state index in [0.29, 0.717) is 41.0 Å². The average molecular weight is 599 g/mol. The molecular weight excluding hydrogens is 556 g/mol. The minimum absolute atomic E-state index is 0.0942. The van der Waals surface area contributed by atoms with Crippen LogP contribution in [0.2, 0.25) is 0 Å². The van der Waals surface area contributed by atoms with Crippen LogP contribution >= 0.6 is 11.3 Å². The molecule has 1 aliphatic heterocycles. The van der Waals surface area contributed by atoms with Crippen molar-refractivity contribution in [2.45, 2.75) is 78.8 Å². The molecule has 2 aliphatic rings. The second-order valence-electron chi connectivity index (χ2n) is 12.9. The number of thiophene rings is 1. The molecule has 5 heterocycles. The maximum atomic E-state index is 13.7. The smallest absolute Gasteiger partial charge is 0.165 e. The van der Waals surface area contributed by atoms with Gasteiger partial charge in [0.1, 0.15) is 5.82 Å². The van der Waals surface area contributed by atoms with Crippen molar-refractivity contribution in [3.8, 4) is 21.8 Å². The number of hydrogen-bond donors (Lipinski definition) is 0. The van der Waals surface area contributed by atoms with Gasteiger partial charge in [0.25, 0.3) is 0 Å². The van der Waals surface area contributed by atoms with E-state index < -0.39 is 0 Å². The summed E-state index contributed by atoms with van der Waals surface area (Å²) < 4.78 is 1.75. The molecule has 9 heteroatoms. The molecule has 1 saturated carbocycles. The summed E-state index contributed by atoms with van der Waals surface area (Å²) in [5, 5.41) is 6.60. The van der Waals surface area contributed by atoms with Crippen molar-refractivity contribution in [3.63, 3.8) is 0 Å². The predicted octanol–water partition coefficient (Wildman–Crippen LogP) is 6.80. The molecule has 43 heavy (non-hydrogen) atoms. The summed E-state index contributed by atoms with van der Waals surface area (Å²) in [6.45, 7) is 13.7. The fraction of sp³-hybridized carbons (Fsp3) is 0.500. The van der Waals surface area contributed by atoms with Crippen molar-refractivity contribution in [2.75, 3.05) is 24.5 Å².